The number of carbonyl (C=O) groups is 1. The highest BCUT2D eigenvalue weighted by Gasteiger charge is 2.10. The number of rotatable bonds is 4. The van der Waals surface area contributed by atoms with Crippen molar-refractivity contribution in [2.75, 3.05) is 16.8 Å². The van der Waals surface area contributed by atoms with Gasteiger partial charge in [-0.1, -0.05) is 11.6 Å². The number of thioether (sulfide) groups is 1. The van der Waals surface area contributed by atoms with Gasteiger partial charge in [-0.2, -0.15) is 5.26 Å². The van der Waals surface area contributed by atoms with E-state index in [4.69, 9.17) is 22.6 Å². The number of halogens is 1. The second-order valence-electron chi connectivity index (χ2n) is 3.79. The van der Waals surface area contributed by atoms with Gasteiger partial charge >= 0.3 is 0 Å². The monoisotopic (exact) mass is 323 g/mol. The van der Waals surface area contributed by atoms with E-state index < -0.39 is 0 Å². The molecule has 7 heteroatoms. The predicted octanol–water partition coefficient (Wildman–Crippen LogP) is 3.59. The van der Waals surface area contributed by atoms with Crippen LogP contribution in [0.15, 0.2) is 34.5 Å². The Morgan fingerprint density at radius 2 is 2.30 bits per heavy atom. The fraction of sp³-hybridized carbons (Fsp3) is 0.0769. The second kappa shape index (κ2) is 6.66. The third kappa shape index (κ3) is 3.67. The Morgan fingerprint density at radius 1 is 1.50 bits per heavy atom. The van der Waals surface area contributed by atoms with Crippen molar-refractivity contribution >= 4 is 51.3 Å². The maximum Gasteiger partial charge on any atom is 0.235 e. The number of nitrogens with two attached hydrogens (primary N) is 1. The van der Waals surface area contributed by atoms with Crippen LogP contribution in [0.3, 0.4) is 0 Å². The first kappa shape index (κ1) is 14.7. The lowest BCUT2D eigenvalue weighted by atomic mass is 10.3. The highest BCUT2D eigenvalue weighted by Crippen LogP contribution is 2.28. The van der Waals surface area contributed by atoms with E-state index in [1.54, 1.807) is 29.6 Å². The normalized spacial score (nSPS) is 10.0. The van der Waals surface area contributed by atoms with E-state index in [1.807, 2.05) is 6.07 Å². The van der Waals surface area contributed by atoms with Crippen LogP contribution in [0.4, 0.5) is 10.7 Å². The number of nitriles is 1. The molecular formula is C13H10ClN3OS2. The molecule has 1 heterocycles. The summed E-state index contributed by atoms with van der Waals surface area (Å²) in [5.74, 6) is 0.0150. The van der Waals surface area contributed by atoms with Crippen LogP contribution in [-0.2, 0) is 4.79 Å². The van der Waals surface area contributed by atoms with Crippen molar-refractivity contribution in [1.82, 2.24) is 0 Å². The van der Waals surface area contributed by atoms with Crippen molar-refractivity contribution in [3.8, 4) is 6.07 Å². The van der Waals surface area contributed by atoms with Crippen LogP contribution in [0.5, 0.6) is 0 Å². The molecule has 3 N–H and O–H groups in total. The molecule has 102 valence electrons. The van der Waals surface area contributed by atoms with Gasteiger partial charge in [-0.25, -0.2) is 0 Å². The van der Waals surface area contributed by atoms with Crippen LogP contribution in [-0.4, -0.2) is 11.7 Å². The van der Waals surface area contributed by atoms with Crippen LogP contribution in [0.1, 0.15) is 5.56 Å². The van der Waals surface area contributed by atoms with Gasteiger partial charge in [-0.15, -0.1) is 23.1 Å². The van der Waals surface area contributed by atoms with E-state index >= 15 is 0 Å². The number of thiophene rings is 1. The third-order valence-electron chi connectivity index (χ3n) is 2.37. The molecule has 1 aromatic heterocycles. The van der Waals surface area contributed by atoms with Crippen molar-refractivity contribution in [1.29, 1.82) is 5.26 Å². The zero-order valence-corrected chi connectivity index (χ0v) is 12.6. The van der Waals surface area contributed by atoms with Crippen LogP contribution in [0, 0.1) is 11.3 Å². The minimum absolute atomic E-state index is 0.187. The quantitative estimate of drug-likeness (QED) is 0.665. The molecule has 0 radical (unpaired) electrons. The SMILES string of the molecule is N#Cc1ccsc1NC(=O)CSc1cc(Cl)ccc1N. The van der Waals surface area contributed by atoms with Gasteiger partial charge in [0, 0.05) is 15.6 Å². The first-order chi connectivity index (χ1) is 9.60. The zero-order chi connectivity index (χ0) is 14.5. The summed E-state index contributed by atoms with van der Waals surface area (Å²) in [7, 11) is 0. The van der Waals surface area contributed by atoms with Crippen LogP contribution in [0.25, 0.3) is 0 Å². The Hall–Kier alpha value is -1.68. The summed E-state index contributed by atoms with van der Waals surface area (Å²) < 4.78 is 0. The molecule has 0 saturated carbocycles. The number of anilines is 2. The maximum atomic E-state index is 11.8. The molecule has 0 aliphatic carbocycles. The smallest absolute Gasteiger partial charge is 0.235 e. The summed E-state index contributed by atoms with van der Waals surface area (Å²) in [6.45, 7) is 0. The molecule has 2 rings (SSSR count). The molecule has 0 unspecified atom stereocenters. The number of nitrogens with one attached hydrogen (secondary N) is 1. The van der Waals surface area contributed by atoms with Crippen LogP contribution in [0.2, 0.25) is 5.02 Å². The maximum absolute atomic E-state index is 11.8. The molecule has 0 saturated heterocycles. The summed E-state index contributed by atoms with van der Waals surface area (Å²) in [5, 5.41) is 14.5. The molecule has 1 amide bonds. The highest BCUT2D eigenvalue weighted by molar-refractivity contribution is 8.00. The van der Waals surface area contributed by atoms with Crippen molar-refractivity contribution in [2.45, 2.75) is 4.90 Å². The first-order valence-corrected chi connectivity index (χ1v) is 7.79. The van der Waals surface area contributed by atoms with Crippen LogP contribution < -0.4 is 11.1 Å². The molecule has 0 bridgehead atoms. The van der Waals surface area contributed by atoms with Gasteiger partial charge < -0.3 is 11.1 Å². The van der Waals surface area contributed by atoms with Crippen LogP contribution >= 0.6 is 34.7 Å². The summed E-state index contributed by atoms with van der Waals surface area (Å²) in [6, 6.07) is 8.82. The van der Waals surface area contributed by atoms with E-state index in [9.17, 15) is 4.79 Å². The van der Waals surface area contributed by atoms with E-state index in [2.05, 4.69) is 5.32 Å². The fourth-order valence-electron chi connectivity index (χ4n) is 1.43. The van der Waals surface area contributed by atoms with Gasteiger partial charge in [-0.05, 0) is 29.6 Å². The third-order valence-corrected chi connectivity index (χ3v) is 4.51. The molecule has 0 atom stereocenters. The van der Waals surface area contributed by atoms with Gasteiger partial charge in [0.25, 0.3) is 0 Å². The van der Waals surface area contributed by atoms with Gasteiger partial charge in [-0.3, -0.25) is 4.79 Å². The minimum Gasteiger partial charge on any atom is -0.398 e. The Bertz CT molecular complexity index is 678. The molecule has 1 aromatic carbocycles. The molecule has 2 aromatic rings. The lowest BCUT2D eigenvalue weighted by Crippen LogP contribution is -2.13. The van der Waals surface area contributed by atoms with Crippen molar-refractivity contribution in [3.05, 3.63) is 40.2 Å². The standard InChI is InChI=1S/C13H10ClN3OS2/c14-9-1-2-10(16)11(5-9)20-7-12(18)17-13-8(6-15)3-4-19-13/h1-5H,7,16H2,(H,17,18). The average molecular weight is 324 g/mol. The molecule has 0 spiro atoms. The molecule has 0 aliphatic heterocycles. The lowest BCUT2D eigenvalue weighted by Gasteiger charge is -2.06. The number of nitrogens with zero attached hydrogens (tertiary/aromatic N) is 1. The number of amides is 1. The predicted molar refractivity (Wildman–Crippen MR) is 84.3 cm³/mol. The number of hydrogen-bond acceptors (Lipinski definition) is 5. The lowest BCUT2D eigenvalue weighted by molar-refractivity contribution is -0.113. The van der Waals surface area contributed by atoms with Gasteiger partial charge in [0.05, 0.1) is 11.3 Å². The topological polar surface area (TPSA) is 78.9 Å². The first-order valence-electron chi connectivity index (χ1n) is 5.55. The fourth-order valence-corrected chi connectivity index (χ4v) is 3.23. The van der Waals surface area contributed by atoms with Crippen molar-refractivity contribution in [3.63, 3.8) is 0 Å². The highest BCUT2D eigenvalue weighted by atomic mass is 35.5. The Kier molecular flexibility index (Phi) is 4.90. The Balaban J connectivity index is 1.96. The zero-order valence-electron chi connectivity index (χ0n) is 10.2. The number of nitrogen functional groups attached to an aromatic ring is 1. The number of hydrogen-bond donors (Lipinski definition) is 2. The summed E-state index contributed by atoms with van der Waals surface area (Å²) in [4.78, 5) is 12.6. The minimum atomic E-state index is -0.187. The Morgan fingerprint density at radius 3 is 3.05 bits per heavy atom. The van der Waals surface area contributed by atoms with Gasteiger partial charge in [0.15, 0.2) is 0 Å². The molecule has 20 heavy (non-hydrogen) atoms. The molecule has 4 nitrogen and oxygen atoms in total. The van der Waals surface area contributed by atoms with Crippen molar-refractivity contribution < 1.29 is 4.79 Å². The second-order valence-corrected chi connectivity index (χ2v) is 6.16. The summed E-state index contributed by atoms with van der Waals surface area (Å²) in [6.07, 6.45) is 0. The van der Waals surface area contributed by atoms with E-state index in [0.29, 0.717) is 21.3 Å². The van der Waals surface area contributed by atoms with Crippen molar-refractivity contribution in [2.24, 2.45) is 0 Å². The molecular weight excluding hydrogens is 314 g/mol. The molecule has 0 fully saturated rings. The molecule has 0 aliphatic rings. The van der Waals surface area contributed by atoms with Gasteiger partial charge in [0.1, 0.15) is 11.1 Å². The number of carbonyl (C=O) groups excluding carboxylic acids is 1. The summed E-state index contributed by atoms with van der Waals surface area (Å²) >= 11 is 8.51. The van der Waals surface area contributed by atoms with E-state index in [0.717, 1.165) is 4.90 Å². The van der Waals surface area contributed by atoms with E-state index in [-0.39, 0.29) is 11.7 Å². The van der Waals surface area contributed by atoms with E-state index in [1.165, 1.54) is 23.1 Å². The summed E-state index contributed by atoms with van der Waals surface area (Å²) in [5.41, 5.74) is 6.86. The largest absolute Gasteiger partial charge is 0.398 e. The number of benzene rings is 1. The van der Waals surface area contributed by atoms with Gasteiger partial charge in [0.2, 0.25) is 5.91 Å². The average Bonchev–Trinajstić information content (AvgIpc) is 2.87. The Labute approximate surface area is 129 Å².